The van der Waals surface area contributed by atoms with Crippen LogP contribution >= 0.6 is 11.3 Å². The van der Waals surface area contributed by atoms with Crippen LogP contribution in [0, 0.1) is 0 Å². The van der Waals surface area contributed by atoms with E-state index in [1.165, 1.54) is 0 Å². The molecule has 0 aliphatic heterocycles. The Morgan fingerprint density at radius 3 is 2.04 bits per heavy atom. The van der Waals surface area contributed by atoms with Crippen molar-refractivity contribution in [3.05, 3.63) is 101 Å². The summed E-state index contributed by atoms with van der Waals surface area (Å²) in [6, 6.07) is 30.3. The van der Waals surface area contributed by atoms with E-state index in [1.54, 1.807) is 17.4 Å². The van der Waals surface area contributed by atoms with Gasteiger partial charge in [-0.2, -0.15) is 0 Å². The fourth-order valence-corrected chi connectivity index (χ4v) is 4.76. The van der Waals surface area contributed by atoms with Gasteiger partial charge in [-0.15, -0.1) is 11.3 Å². The maximum atomic E-state index is 13.0. The molecule has 3 aromatic carbocycles. The van der Waals surface area contributed by atoms with Crippen molar-refractivity contribution in [2.24, 2.45) is 0 Å². The average molecular weight is 353 g/mol. The molecule has 124 valence electrons. The zero-order valence-electron chi connectivity index (χ0n) is 13.9. The van der Waals surface area contributed by atoms with E-state index in [2.05, 4.69) is 30.3 Å². The van der Waals surface area contributed by atoms with Crippen LogP contribution in [0.2, 0.25) is 0 Å². The number of fused-ring (bicyclic) bond motifs is 3. The van der Waals surface area contributed by atoms with Crippen molar-refractivity contribution in [3.8, 4) is 21.7 Å². The predicted octanol–water partition coefficient (Wildman–Crippen LogP) is 5.85. The number of rotatable bonds is 2. The van der Waals surface area contributed by atoms with Crippen LogP contribution in [0.4, 0.5) is 0 Å². The molecule has 0 atom stereocenters. The van der Waals surface area contributed by atoms with Gasteiger partial charge in [0.05, 0.1) is 10.6 Å². The molecule has 0 saturated heterocycles. The van der Waals surface area contributed by atoms with Gasteiger partial charge in [-0.1, -0.05) is 84.9 Å². The van der Waals surface area contributed by atoms with Crippen molar-refractivity contribution >= 4 is 26.9 Å². The molecule has 2 heterocycles. The lowest BCUT2D eigenvalue weighted by atomic mass is 10.1. The summed E-state index contributed by atoms with van der Waals surface area (Å²) < 4.78 is 1.87. The molecule has 0 saturated carbocycles. The summed E-state index contributed by atoms with van der Waals surface area (Å²) in [7, 11) is 0. The van der Waals surface area contributed by atoms with Gasteiger partial charge in [-0.25, -0.2) is 0 Å². The monoisotopic (exact) mass is 353 g/mol. The van der Waals surface area contributed by atoms with E-state index in [4.69, 9.17) is 0 Å². The van der Waals surface area contributed by atoms with Gasteiger partial charge in [0, 0.05) is 17.0 Å². The standard InChI is InChI=1S/C23H15NOS/c25-20-15-18-13-7-8-14-19(18)23-24(20)21(16-9-3-1-4-10-16)22(26-23)17-11-5-2-6-12-17/h1-15H. The highest BCUT2D eigenvalue weighted by atomic mass is 32.1. The highest BCUT2D eigenvalue weighted by Crippen LogP contribution is 2.40. The van der Waals surface area contributed by atoms with Gasteiger partial charge in [0.1, 0.15) is 4.83 Å². The molecule has 0 N–H and O–H groups in total. The van der Waals surface area contributed by atoms with Gasteiger partial charge < -0.3 is 0 Å². The Bertz CT molecular complexity index is 1280. The minimum absolute atomic E-state index is 0.0102. The van der Waals surface area contributed by atoms with E-state index in [1.807, 2.05) is 59.0 Å². The second-order valence-electron chi connectivity index (χ2n) is 6.22. The summed E-state index contributed by atoms with van der Waals surface area (Å²) in [5.74, 6) is 0. The van der Waals surface area contributed by atoms with Crippen LogP contribution < -0.4 is 5.56 Å². The molecule has 0 aliphatic rings. The molecule has 0 fully saturated rings. The third-order valence-electron chi connectivity index (χ3n) is 4.61. The largest absolute Gasteiger partial charge is 0.269 e. The van der Waals surface area contributed by atoms with Gasteiger partial charge in [-0.3, -0.25) is 9.20 Å². The smallest absolute Gasteiger partial charge is 0.256 e. The van der Waals surface area contributed by atoms with Crippen molar-refractivity contribution in [2.75, 3.05) is 0 Å². The Kier molecular flexibility index (Phi) is 3.47. The number of pyridine rings is 1. The van der Waals surface area contributed by atoms with E-state index < -0.39 is 0 Å². The first-order valence-corrected chi connectivity index (χ1v) is 9.33. The zero-order valence-corrected chi connectivity index (χ0v) is 14.7. The Morgan fingerprint density at radius 2 is 1.31 bits per heavy atom. The molecule has 5 aromatic rings. The lowest BCUT2D eigenvalue weighted by Gasteiger charge is -2.06. The summed E-state index contributed by atoms with van der Waals surface area (Å²) in [4.78, 5) is 15.1. The van der Waals surface area contributed by atoms with Gasteiger partial charge in [0.25, 0.3) is 5.56 Å². The first-order valence-electron chi connectivity index (χ1n) is 8.51. The lowest BCUT2D eigenvalue weighted by Crippen LogP contribution is -2.12. The molecule has 0 aliphatic carbocycles. The summed E-state index contributed by atoms with van der Waals surface area (Å²) >= 11 is 1.68. The third-order valence-corrected chi connectivity index (χ3v) is 5.84. The Balaban J connectivity index is 1.99. The van der Waals surface area contributed by atoms with Crippen molar-refractivity contribution < 1.29 is 0 Å². The third kappa shape index (κ3) is 2.29. The normalized spacial score (nSPS) is 11.2. The summed E-state index contributed by atoms with van der Waals surface area (Å²) in [5, 5.41) is 2.09. The molecule has 3 heteroatoms. The maximum absolute atomic E-state index is 13.0. The van der Waals surface area contributed by atoms with Gasteiger partial charge in [0.2, 0.25) is 0 Å². The molecule has 0 spiro atoms. The second-order valence-corrected chi connectivity index (χ2v) is 7.22. The van der Waals surface area contributed by atoms with Crippen molar-refractivity contribution in [1.29, 1.82) is 0 Å². The highest BCUT2D eigenvalue weighted by molar-refractivity contribution is 7.22. The zero-order chi connectivity index (χ0) is 17.5. The number of hydrogen-bond acceptors (Lipinski definition) is 2. The first kappa shape index (κ1) is 15.1. The van der Waals surface area contributed by atoms with Gasteiger partial charge in [0.15, 0.2) is 0 Å². The summed E-state index contributed by atoms with van der Waals surface area (Å²) in [5.41, 5.74) is 3.15. The van der Waals surface area contributed by atoms with Crippen molar-refractivity contribution in [3.63, 3.8) is 0 Å². The van der Waals surface area contributed by atoms with Crippen LogP contribution in [0.3, 0.4) is 0 Å². The van der Waals surface area contributed by atoms with Crippen LogP contribution in [0.5, 0.6) is 0 Å². The van der Waals surface area contributed by atoms with Crippen LogP contribution in [0.1, 0.15) is 0 Å². The molecule has 2 aromatic heterocycles. The molecule has 26 heavy (non-hydrogen) atoms. The molecule has 5 rings (SSSR count). The van der Waals surface area contributed by atoms with Gasteiger partial charge in [-0.05, 0) is 10.9 Å². The van der Waals surface area contributed by atoms with E-state index in [9.17, 15) is 4.79 Å². The maximum Gasteiger partial charge on any atom is 0.256 e. The Morgan fingerprint density at radius 1 is 0.692 bits per heavy atom. The van der Waals surface area contributed by atoms with Crippen LogP contribution in [-0.2, 0) is 0 Å². The number of hydrogen-bond donors (Lipinski definition) is 0. The summed E-state index contributed by atoms with van der Waals surface area (Å²) in [6.45, 7) is 0. The predicted molar refractivity (Wildman–Crippen MR) is 110 cm³/mol. The second kappa shape index (κ2) is 5.97. The fraction of sp³-hybridized carbons (Fsp3) is 0. The minimum Gasteiger partial charge on any atom is -0.269 e. The minimum atomic E-state index is 0.0102. The van der Waals surface area contributed by atoms with E-state index in [0.29, 0.717) is 0 Å². The SMILES string of the molecule is O=c1cc2ccccc2c2sc(-c3ccccc3)c(-c3ccccc3)n12. The van der Waals surface area contributed by atoms with Crippen molar-refractivity contribution in [1.82, 2.24) is 4.40 Å². The molecule has 0 amide bonds. The molecule has 0 unspecified atom stereocenters. The first-order chi connectivity index (χ1) is 12.8. The molecule has 0 bridgehead atoms. The van der Waals surface area contributed by atoms with Gasteiger partial charge >= 0.3 is 0 Å². The number of nitrogens with zero attached hydrogens (tertiary/aromatic N) is 1. The van der Waals surface area contributed by atoms with Crippen LogP contribution in [0.15, 0.2) is 95.8 Å². The average Bonchev–Trinajstić information content (AvgIpc) is 3.11. The molecule has 0 radical (unpaired) electrons. The van der Waals surface area contributed by atoms with E-state index >= 15 is 0 Å². The topological polar surface area (TPSA) is 21.5 Å². The number of benzene rings is 3. The lowest BCUT2D eigenvalue weighted by molar-refractivity contribution is 1.15. The van der Waals surface area contributed by atoms with Crippen LogP contribution in [0.25, 0.3) is 37.3 Å². The molecular formula is C23H15NOS. The molecule has 2 nitrogen and oxygen atoms in total. The highest BCUT2D eigenvalue weighted by Gasteiger charge is 2.18. The van der Waals surface area contributed by atoms with E-state index in [0.717, 1.165) is 37.3 Å². The number of thiazole rings is 1. The number of aromatic nitrogens is 1. The van der Waals surface area contributed by atoms with Crippen molar-refractivity contribution in [2.45, 2.75) is 0 Å². The Hall–Kier alpha value is -3.17. The Labute approximate surface area is 154 Å². The fourth-order valence-electron chi connectivity index (χ4n) is 3.44. The van der Waals surface area contributed by atoms with E-state index in [-0.39, 0.29) is 5.56 Å². The van der Waals surface area contributed by atoms with Crippen LogP contribution in [-0.4, -0.2) is 4.40 Å². The molecular weight excluding hydrogens is 338 g/mol. The summed E-state index contributed by atoms with van der Waals surface area (Å²) in [6.07, 6.45) is 0. The quantitative estimate of drug-likeness (QED) is 0.390.